The lowest BCUT2D eigenvalue weighted by Gasteiger charge is -2.07. The van der Waals surface area contributed by atoms with Gasteiger partial charge in [-0.25, -0.2) is 4.98 Å². The molecular weight excluding hydrogens is 262 g/mol. The quantitative estimate of drug-likeness (QED) is 0.734. The number of nitrogens with zero attached hydrogens (tertiary/aromatic N) is 1. The lowest BCUT2D eigenvalue weighted by atomic mass is 10.1. The molecule has 6 heteroatoms. The molecular formula is C13H21N3O2S. The highest BCUT2D eigenvalue weighted by Crippen LogP contribution is 2.09. The Hall–Kier alpha value is -1.43. The van der Waals surface area contributed by atoms with Gasteiger partial charge in [0.25, 0.3) is 5.91 Å². The van der Waals surface area contributed by atoms with Crippen LogP contribution in [0.25, 0.3) is 0 Å². The molecule has 1 amide bonds. The average Bonchev–Trinajstić information content (AvgIpc) is 2.34. The molecule has 106 valence electrons. The predicted molar refractivity (Wildman–Crippen MR) is 78.5 cm³/mol. The molecule has 0 aromatic carbocycles. The standard InChI is InChI=1S/C13H21N3O2S/c1-3-5-11-8-10(9-12(14)16-11)13(17)15-6-4-7-19(2)18/h8-9H,3-7H2,1-2H3,(H2,14,16)(H,15,17). The van der Waals surface area contributed by atoms with E-state index in [9.17, 15) is 9.00 Å². The van der Waals surface area contributed by atoms with Gasteiger partial charge in [-0.15, -0.1) is 0 Å². The Labute approximate surface area is 116 Å². The van der Waals surface area contributed by atoms with Crippen LogP contribution >= 0.6 is 0 Å². The number of carbonyl (C=O) groups is 1. The third kappa shape index (κ3) is 5.83. The van der Waals surface area contributed by atoms with Crippen molar-refractivity contribution in [3.63, 3.8) is 0 Å². The van der Waals surface area contributed by atoms with Gasteiger partial charge in [0, 0.05) is 40.6 Å². The maximum Gasteiger partial charge on any atom is 0.251 e. The molecule has 0 saturated heterocycles. The minimum absolute atomic E-state index is 0.159. The maximum atomic E-state index is 11.9. The lowest BCUT2D eigenvalue weighted by Crippen LogP contribution is -2.25. The summed E-state index contributed by atoms with van der Waals surface area (Å²) >= 11 is 0. The molecule has 0 fully saturated rings. The van der Waals surface area contributed by atoms with Crippen LogP contribution in [0.4, 0.5) is 5.82 Å². The molecule has 1 aromatic heterocycles. The smallest absolute Gasteiger partial charge is 0.251 e. The first-order valence-electron chi connectivity index (χ1n) is 6.37. The first-order valence-corrected chi connectivity index (χ1v) is 8.10. The first-order chi connectivity index (χ1) is 9.02. The summed E-state index contributed by atoms with van der Waals surface area (Å²) in [6, 6.07) is 3.35. The van der Waals surface area contributed by atoms with Crippen LogP contribution in [0.2, 0.25) is 0 Å². The molecule has 0 spiro atoms. The van der Waals surface area contributed by atoms with Crippen LogP contribution in [-0.2, 0) is 17.2 Å². The van der Waals surface area contributed by atoms with E-state index in [-0.39, 0.29) is 5.91 Å². The molecule has 0 aliphatic carbocycles. The van der Waals surface area contributed by atoms with Gasteiger partial charge in [-0.3, -0.25) is 9.00 Å². The van der Waals surface area contributed by atoms with Crippen LogP contribution < -0.4 is 11.1 Å². The number of aryl methyl sites for hydroxylation is 1. The van der Waals surface area contributed by atoms with Crippen LogP contribution in [0.3, 0.4) is 0 Å². The van der Waals surface area contributed by atoms with Gasteiger partial charge in [0.05, 0.1) is 0 Å². The number of nitrogens with two attached hydrogens (primary N) is 1. The molecule has 19 heavy (non-hydrogen) atoms. The van der Waals surface area contributed by atoms with E-state index in [0.717, 1.165) is 18.5 Å². The molecule has 0 aliphatic heterocycles. The summed E-state index contributed by atoms with van der Waals surface area (Å²) in [6.07, 6.45) is 4.12. The largest absolute Gasteiger partial charge is 0.384 e. The van der Waals surface area contributed by atoms with Crippen molar-refractivity contribution < 1.29 is 9.00 Å². The summed E-state index contributed by atoms with van der Waals surface area (Å²) < 4.78 is 10.9. The Bertz CT molecular complexity index is 463. The van der Waals surface area contributed by atoms with E-state index in [2.05, 4.69) is 17.2 Å². The van der Waals surface area contributed by atoms with E-state index in [0.29, 0.717) is 30.1 Å². The zero-order chi connectivity index (χ0) is 14.3. The maximum absolute atomic E-state index is 11.9. The second-order valence-electron chi connectivity index (χ2n) is 4.41. The molecule has 0 bridgehead atoms. The van der Waals surface area contributed by atoms with Gasteiger partial charge in [0.2, 0.25) is 0 Å². The summed E-state index contributed by atoms with van der Waals surface area (Å²) in [7, 11) is -0.816. The van der Waals surface area contributed by atoms with Crippen molar-refractivity contribution in [1.29, 1.82) is 0 Å². The number of hydrogen-bond acceptors (Lipinski definition) is 4. The zero-order valence-electron chi connectivity index (χ0n) is 11.4. The number of carbonyl (C=O) groups excluding carboxylic acids is 1. The normalized spacial score (nSPS) is 12.1. The number of amides is 1. The topological polar surface area (TPSA) is 85.1 Å². The summed E-state index contributed by atoms with van der Waals surface area (Å²) in [4.78, 5) is 16.1. The molecule has 1 atom stereocenters. The fourth-order valence-electron chi connectivity index (χ4n) is 1.71. The van der Waals surface area contributed by atoms with Crippen molar-refractivity contribution >= 4 is 22.5 Å². The van der Waals surface area contributed by atoms with E-state index in [1.807, 2.05) is 0 Å². The van der Waals surface area contributed by atoms with Crippen molar-refractivity contribution in [2.24, 2.45) is 0 Å². The summed E-state index contributed by atoms with van der Waals surface area (Å²) in [5, 5.41) is 2.79. The molecule has 5 nitrogen and oxygen atoms in total. The molecule has 0 radical (unpaired) electrons. The van der Waals surface area contributed by atoms with Crippen LogP contribution in [-0.4, -0.2) is 33.7 Å². The molecule has 3 N–H and O–H groups in total. The number of hydrogen-bond donors (Lipinski definition) is 2. The molecule has 1 rings (SSSR count). The second kappa shape index (κ2) is 7.89. The van der Waals surface area contributed by atoms with Crippen LogP contribution in [0.15, 0.2) is 12.1 Å². The second-order valence-corrected chi connectivity index (χ2v) is 5.96. The molecule has 1 heterocycles. The number of nitrogen functional groups attached to an aromatic ring is 1. The van der Waals surface area contributed by atoms with Crippen LogP contribution in [0, 0.1) is 0 Å². The highest BCUT2D eigenvalue weighted by Gasteiger charge is 2.08. The van der Waals surface area contributed by atoms with Gasteiger partial charge >= 0.3 is 0 Å². The summed E-state index contributed by atoms with van der Waals surface area (Å²) in [5.41, 5.74) is 7.06. The monoisotopic (exact) mass is 283 g/mol. The fraction of sp³-hybridized carbons (Fsp3) is 0.538. The first kappa shape index (κ1) is 15.6. The lowest BCUT2D eigenvalue weighted by molar-refractivity contribution is 0.0953. The Morgan fingerprint density at radius 1 is 1.47 bits per heavy atom. The fourth-order valence-corrected chi connectivity index (χ4v) is 2.26. The number of nitrogens with one attached hydrogen (secondary N) is 1. The number of rotatable bonds is 7. The van der Waals surface area contributed by atoms with Crippen molar-refractivity contribution in [2.45, 2.75) is 26.2 Å². The Balaban J connectivity index is 2.58. The van der Waals surface area contributed by atoms with Gasteiger partial charge in [-0.2, -0.15) is 0 Å². The highest BCUT2D eigenvalue weighted by atomic mass is 32.2. The number of aromatic nitrogens is 1. The van der Waals surface area contributed by atoms with Gasteiger partial charge in [0.15, 0.2) is 0 Å². The Morgan fingerprint density at radius 2 is 2.21 bits per heavy atom. The van der Waals surface area contributed by atoms with Gasteiger partial charge in [0.1, 0.15) is 5.82 Å². The SMILES string of the molecule is CCCc1cc(C(=O)NCCCS(C)=O)cc(N)n1. The van der Waals surface area contributed by atoms with E-state index < -0.39 is 10.8 Å². The zero-order valence-corrected chi connectivity index (χ0v) is 12.3. The van der Waals surface area contributed by atoms with E-state index in [1.165, 1.54) is 0 Å². The Kier molecular flexibility index (Phi) is 6.49. The highest BCUT2D eigenvalue weighted by molar-refractivity contribution is 7.84. The van der Waals surface area contributed by atoms with E-state index in [4.69, 9.17) is 5.73 Å². The predicted octanol–water partition coefficient (Wildman–Crippen LogP) is 1.11. The van der Waals surface area contributed by atoms with Crippen molar-refractivity contribution in [2.75, 3.05) is 24.3 Å². The van der Waals surface area contributed by atoms with Crippen molar-refractivity contribution in [3.05, 3.63) is 23.4 Å². The summed E-state index contributed by atoms with van der Waals surface area (Å²) in [6.45, 7) is 2.57. The summed E-state index contributed by atoms with van der Waals surface area (Å²) in [5.74, 6) is 0.805. The van der Waals surface area contributed by atoms with Crippen molar-refractivity contribution in [3.8, 4) is 0 Å². The number of pyridine rings is 1. The van der Waals surface area contributed by atoms with Gasteiger partial charge in [-0.05, 0) is 25.0 Å². The van der Waals surface area contributed by atoms with Gasteiger partial charge < -0.3 is 11.1 Å². The molecule has 0 aliphatic rings. The minimum atomic E-state index is -0.816. The minimum Gasteiger partial charge on any atom is -0.384 e. The van der Waals surface area contributed by atoms with Crippen LogP contribution in [0.1, 0.15) is 35.8 Å². The molecule has 1 unspecified atom stereocenters. The molecule has 0 saturated carbocycles. The van der Waals surface area contributed by atoms with E-state index in [1.54, 1.807) is 18.4 Å². The van der Waals surface area contributed by atoms with E-state index >= 15 is 0 Å². The van der Waals surface area contributed by atoms with Crippen molar-refractivity contribution in [1.82, 2.24) is 10.3 Å². The third-order valence-electron chi connectivity index (χ3n) is 2.56. The Morgan fingerprint density at radius 3 is 2.84 bits per heavy atom. The van der Waals surface area contributed by atoms with Gasteiger partial charge in [-0.1, -0.05) is 13.3 Å². The average molecular weight is 283 g/mol. The third-order valence-corrected chi connectivity index (χ3v) is 3.42. The van der Waals surface area contributed by atoms with Crippen LogP contribution in [0.5, 0.6) is 0 Å². The molecule has 1 aromatic rings. The number of anilines is 1.